The molecule has 0 aromatic heterocycles. The highest BCUT2D eigenvalue weighted by molar-refractivity contribution is 5.97. The largest absolute Gasteiger partial charge is 0.326 e. The van der Waals surface area contributed by atoms with Crippen LogP contribution in [0.15, 0.2) is 18.2 Å². The Morgan fingerprint density at radius 2 is 1.65 bits per heavy atom. The van der Waals surface area contributed by atoms with E-state index in [1.54, 1.807) is 18.2 Å². The zero-order valence-electron chi connectivity index (χ0n) is 12.2. The fraction of sp³-hybridized carbons (Fsp3) is 0.429. The summed E-state index contributed by atoms with van der Waals surface area (Å²) in [5.41, 5.74) is 7.95. The molecule has 0 aliphatic rings. The van der Waals surface area contributed by atoms with Crippen molar-refractivity contribution in [2.24, 2.45) is 11.7 Å². The van der Waals surface area contributed by atoms with Gasteiger partial charge >= 0.3 is 0 Å². The summed E-state index contributed by atoms with van der Waals surface area (Å²) in [6, 6.07) is 4.79. The van der Waals surface area contributed by atoms with Crippen molar-refractivity contribution in [2.75, 3.05) is 10.6 Å². The Bertz CT molecular complexity index is 489. The van der Waals surface area contributed by atoms with Gasteiger partial charge in [-0.25, -0.2) is 0 Å². The maximum atomic E-state index is 11.9. The average molecular weight is 300 g/mol. The summed E-state index contributed by atoms with van der Waals surface area (Å²) in [7, 11) is 0. The molecule has 0 fully saturated rings. The summed E-state index contributed by atoms with van der Waals surface area (Å²) < 4.78 is 0. The van der Waals surface area contributed by atoms with Gasteiger partial charge in [-0.05, 0) is 30.5 Å². The number of halogens is 1. The number of amides is 2. The first kappa shape index (κ1) is 18.4. The van der Waals surface area contributed by atoms with Gasteiger partial charge in [-0.3, -0.25) is 9.59 Å². The van der Waals surface area contributed by atoms with Gasteiger partial charge in [-0.2, -0.15) is 0 Å². The number of hydrogen-bond donors (Lipinski definition) is 3. The van der Waals surface area contributed by atoms with Crippen LogP contribution in [0.2, 0.25) is 0 Å². The molecule has 0 radical (unpaired) electrons. The van der Waals surface area contributed by atoms with Crippen LogP contribution >= 0.6 is 12.4 Å². The minimum absolute atomic E-state index is 0. The van der Waals surface area contributed by atoms with Crippen LogP contribution in [0.4, 0.5) is 11.4 Å². The molecule has 0 saturated carbocycles. The fourth-order valence-corrected chi connectivity index (χ4v) is 1.61. The molecule has 5 nitrogen and oxygen atoms in total. The standard InChI is InChI=1S/C14H21N3O2.ClH/c1-8(2)13(15)14(19)17-12-7-5-6-11(9(12)3)16-10(4)18;/h5-8,13H,15H2,1-4H3,(H,16,18)(H,17,19);1H/t13-;/m0./s1. The molecule has 0 aliphatic carbocycles. The number of benzene rings is 1. The zero-order chi connectivity index (χ0) is 14.6. The molecule has 2 amide bonds. The molecule has 1 atom stereocenters. The number of nitrogens with two attached hydrogens (primary N) is 1. The van der Waals surface area contributed by atoms with Gasteiger partial charge in [0, 0.05) is 18.3 Å². The van der Waals surface area contributed by atoms with Gasteiger partial charge in [0.15, 0.2) is 0 Å². The molecule has 0 unspecified atom stereocenters. The first-order chi connectivity index (χ1) is 8.82. The minimum Gasteiger partial charge on any atom is -0.326 e. The third-order valence-corrected chi connectivity index (χ3v) is 2.92. The Labute approximate surface area is 125 Å². The van der Waals surface area contributed by atoms with Crippen molar-refractivity contribution in [2.45, 2.75) is 33.7 Å². The monoisotopic (exact) mass is 299 g/mol. The third-order valence-electron chi connectivity index (χ3n) is 2.92. The van der Waals surface area contributed by atoms with Crippen molar-refractivity contribution < 1.29 is 9.59 Å². The number of hydrogen-bond acceptors (Lipinski definition) is 3. The van der Waals surface area contributed by atoms with Crippen molar-refractivity contribution in [3.05, 3.63) is 23.8 Å². The second-order valence-electron chi connectivity index (χ2n) is 4.92. The number of carbonyl (C=O) groups is 2. The van der Waals surface area contributed by atoms with Crippen LogP contribution in [0, 0.1) is 12.8 Å². The molecule has 6 heteroatoms. The lowest BCUT2D eigenvalue weighted by atomic mass is 10.0. The fourth-order valence-electron chi connectivity index (χ4n) is 1.61. The minimum atomic E-state index is -0.552. The summed E-state index contributed by atoms with van der Waals surface area (Å²) in [4.78, 5) is 23.0. The van der Waals surface area contributed by atoms with E-state index in [0.29, 0.717) is 11.4 Å². The Balaban J connectivity index is 0.00000361. The van der Waals surface area contributed by atoms with Crippen molar-refractivity contribution in [1.29, 1.82) is 0 Å². The molecule has 4 N–H and O–H groups in total. The molecular weight excluding hydrogens is 278 g/mol. The summed E-state index contributed by atoms with van der Waals surface area (Å²) in [6.45, 7) is 7.07. The highest BCUT2D eigenvalue weighted by Crippen LogP contribution is 2.23. The molecule has 0 saturated heterocycles. The van der Waals surface area contributed by atoms with E-state index in [2.05, 4.69) is 10.6 Å². The lowest BCUT2D eigenvalue weighted by Crippen LogP contribution is -2.39. The average Bonchev–Trinajstić information content (AvgIpc) is 2.32. The van der Waals surface area contributed by atoms with Gasteiger partial charge < -0.3 is 16.4 Å². The SMILES string of the molecule is CC(=O)Nc1cccc(NC(=O)[C@@H](N)C(C)C)c1C.Cl. The number of carbonyl (C=O) groups excluding carboxylic acids is 2. The smallest absolute Gasteiger partial charge is 0.241 e. The molecule has 0 aliphatic heterocycles. The van der Waals surface area contributed by atoms with Gasteiger partial charge in [0.2, 0.25) is 11.8 Å². The summed E-state index contributed by atoms with van der Waals surface area (Å²) in [5, 5.41) is 5.51. The van der Waals surface area contributed by atoms with Gasteiger partial charge in [0.05, 0.1) is 6.04 Å². The van der Waals surface area contributed by atoms with Crippen molar-refractivity contribution in [3.8, 4) is 0 Å². The topological polar surface area (TPSA) is 84.2 Å². The molecule has 1 aromatic carbocycles. The zero-order valence-corrected chi connectivity index (χ0v) is 13.0. The molecule has 112 valence electrons. The Kier molecular flexibility index (Phi) is 7.24. The number of rotatable bonds is 4. The third kappa shape index (κ3) is 4.83. The normalized spacial score (nSPS) is 11.5. The van der Waals surface area contributed by atoms with Gasteiger partial charge in [0.1, 0.15) is 0 Å². The van der Waals surface area contributed by atoms with E-state index in [1.807, 2.05) is 20.8 Å². The predicted octanol–water partition coefficient (Wildman–Crippen LogP) is 2.30. The molecule has 20 heavy (non-hydrogen) atoms. The van der Waals surface area contributed by atoms with Crippen LogP contribution < -0.4 is 16.4 Å². The van der Waals surface area contributed by atoms with Crippen LogP contribution in [0.5, 0.6) is 0 Å². The van der Waals surface area contributed by atoms with E-state index in [9.17, 15) is 9.59 Å². The molecule has 0 spiro atoms. The quantitative estimate of drug-likeness (QED) is 0.797. The lowest BCUT2D eigenvalue weighted by Gasteiger charge is -2.17. The summed E-state index contributed by atoms with van der Waals surface area (Å²) in [6.07, 6.45) is 0. The van der Waals surface area contributed by atoms with Gasteiger partial charge in [-0.15, -0.1) is 12.4 Å². The van der Waals surface area contributed by atoms with Crippen LogP contribution in [-0.4, -0.2) is 17.9 Å². The maximum Gasteiger partial charge on any atom is 0.241 e. The Hall–Kier alpha value is -1.59. The maximum absolute atomic E-state index is 11.9. The van der Waals surface area contributed by atoms with Crippen molar-refractivity contribution in [3.63, 3.8) is 0 Å². The highest BCUT2D eigenvalue weighted by atomic mass is 35.5. The number of anilines is 2. The van der Waals surface area contributed by atoms with Crippen LogP contribution in [0.25, 0.3) is 0 Å². The van der Waals surface area contributed by atoms with E-state index in [-0.39, 0.29) is 30.1 Å². The molecule has 1 aromatic rings. The lowest BCUT2D eigenvalue weighted by molar-refractivity contribution is -0.118. The van der Waals surface area contributed by atoms with E-state index < -0.39 is 6.04 Å². The van der Waals surface area contributed by atoms with Gasteiger partial charge in [-0.1, -0.05) is 19.9 Å². The molecular formula is C14H22ClN3O2. The molecule has 1 rings (SSSR count). The van der Waals surface area contributed by atoms with E-state index in [1.165, 1.54) is 6.92 Å². The Morgan fingerprint density at radius 3 is 2.10 bits per heavy atom. The summed E-state index contributed by atoms with van der Waals surface area (Å²) >= 11 is 0. The van der Waals surface area contributed by atoms with Crippen LogP contribution in [0.1, 0.15) is 26.3 Å². The number of nitrogens with one attached hydrogen (secondary N) is 2. The van der Waals surface area contributed by atoms with E-state index in [4.69, 9.17) is 5.73 Å². The van der Waals surface area contributed by atoms with Crippen molar-refractivity contribution >= 4 is 35.6 Å². The highest BCUT2D eigenvalue weighted by Gasteiger charge is 2.18. The first-order valence-electron chi connectivity index (χ1n) is 6.26. The first-order valence-corrected chi connectivity index (χ1v) is 6.26. The van der Waals surface area contributed by atoms with Crippen molar-refractivity contribution in [1.82, 2.24) is 0 Å². The van der Waals surface area contributed by atoms with Gasteiger partial charge in [0.25, 0.3) is 0 Å². The second kappa shape index (κ2) is 7.87. The van der Waals surface area contributed by atoms with Crippen LogP contribution in [-0.2, 0) is 9.59 Å². The molecule has 0 bridgehead atoms. The van der Waals surface area contributed by atoms with E-state index >= 15 is 0 Å². The predicted molar refractivity (Wildman–Crippen MR) is 84.2 cm³/mol. The Morgan fingerprint density at radius 1 is 1.15 bits per heavy atom. The molecule has 0 heterocycles. The second-order valence-corrected chi connectivity index (χ2v) is 4.92. The van der Waals surface area contributed by atoms with Crippen LogP contribution in [0.3, 0.4) is 0 Å². The van der Waals surface area contributed by atoms with E-state index in [0.717, 1.165) is 5.56 Å². The summed E-state index contributed by atoms with van der Waals surface area (Å²) in [5.74, 6) is -0.303.